The third kappa shape index (κ3) is 2.69. The average Bonchev–Trinajstić information content (AvgIpc) is 3.12. The van der Waals surface area contributed by atoms with Crippen LogP contribution >= 0.6 is 23.4 Å². The van der Waals surface area contributed by atoms with Crippen molar-refractivity contribution in [3.8, 4) is 0 Å². The Hall–Kier alpha value is -0.290. The zero-order chi connectivity index (χ0) is 11.6. The number of aromatic nitrogens is 1. The normalized spacial score (nSPS) is 19.4. The van der Waals surface area contributed by atoms with Crippen LogP contribution in [-0.4, -0.2) is 28.0 Å². The maximum Gasteiger partial charge on any atom is 0.115 e. The smallest absolute Gasteiger partial charge is 0.115 e. The maximum atomic E-state index is 9.35. The molecule has 0 bridgehead atoms. The number of rotatable bonds is 5. The van der Waals surface area contributed by atoms with Gasteiger partial charge in [0.2, 0.25) is 0 Å². The molecule has 1 aliphatic rings. The van der Waals surface area contributed by atoms with Gasteiger partial charge in [-0.15, -0.1) is 11.8 Å². The predicted molar refractivity (Wildman–Crippen MR) is 66.7 cm³/mol. The molecule has 1 aromatic rings. The van der Waals surface area contributed by atoms with Gasteiger partial charge in [-0.3, -0.25) is 0 Å². The zero-order valence-corrected chi connectivity index (χ0v) is 10.5. The summed E-state index contributed by atoms with van der Waals surface area (Å²) in [6, 6.07) is 3.61. The predicted octanol–water partition coefficient (Wildman–Crippen LogP) is 1.93. The number of pyridine rings is 1. The molecule has 3 N–H and O–H groups in total. The van der Waals surface area contributed by atoms with Gasteiger partial charge < -0.3 is 10.8 Å². The number of nitrogens with two attached hydrogens (primary N) is 1. The molecule has 1 fully saturated rings. The molecule has 1 atom stereocenters. The lowest BCUT2D eigenvalue weighted by atomic mass is 9.99. The topological polar surface area (TPSA) is 59.1 Å². The molecular formula is C11H15ClN2OS. The van der Waals surface area contributed by atoms with Crippen molar-refractivity contribution in [2.24, 2.45) is 11.7 Å². The van der Waals surface area contributed by atoms with Gasteiger partial charge in [0.1, 0.15) is 5.03 Å². The van der Waals surface area contributed by atoms with Crippen LogP contribution in [0.2, 0.25) is 5.02 Å². The summed E-state index contributed by atoms with van der Waals surface area (Å²) >= 11 is 7.52. The van der Waals surface area contributed by atoms with Crippen molar-refractivity contribution in [2.45, 2.75) is 23.4 Å². The van der Waals surface area contributed by atoms with E-state index in [1.807, 2.05) is 6.07 Å². The molecule has 1 unspecified atom stereocenters. The first-order valence-electron chi connectivity index (χ1n) is 5.29. The van der Waals surface area contributed by atoms with E-state index in [0.717, 1.165) is 17.9 Å². The summed E-state index contributed by atoms with van der Waals surface area (Å²) < 4.78 is 0. The van der Waals surface area contributed by atoms with Crippen LogP contribution in [0.3, 0.4) is 0 Å². The summed E-state index contributed by atoms with van der Waals surface area (Å²) in [6.45, 7) is 0.0229. The molecule has 1 aromatic heterocycles. The lowest BCUT2D eigenvalue weighted by molar-refractivity contribution is 0.194. The Kier molecular flexibility index (Phi) is 3.74. The van der Waals surface area contributed by atoms with Crippen LogP contribution in [0.1, 0.15) is 12.8 Å². The highest BCUT2D eigenvalue weighted by molar-refractivity contribution is 7.99. The van der Waals surface area contributed by atoms with E-state index in [9.17, 15) is 5.11 Å². The molecule has 2 rings (SSSR count). The standard InChI is InChI=1S/C11H15ClN2OS/c12-9-2-1-5-14-10(9)16-7-11(13,6-15)8-3-4-8/h1-2,5,8,15H,3-4,6-7,13H2. The van der Waals surface area contributed by atoms with Crippen LogP contribution in [0, 0.1) is 5.92 Å². The Morgan fingerprint density at radius 1 is 1.62 bits per heavy atom. The number of thioether (sulfide) groups is 1. The van der Waals surface area contributed by atoms with Crippen molar-refractivity contribution in [3.63, 3.8) is 0 Å². The van der Waals surface area contributed by atoms with Gasteiger partial charge in [-0.25, -0.2) is 4.98 Å². The van der Waals surface area contributed by atoms with E-state index in [0.29, 0.717) is 16.7 Å². The van der Waals surface area contributed by atoms with Gasteiger partial charge in [0.15, 0.2) is 0 Å². The molecule has 0 radical (unpaired) electrons. The van der Waals surface area contributed by atoms with Crippen molar-refractivity contribution in [1.29, 1.82) is 0 Å². The fourth-order valence-corrected chi connectivity index (χ4v) is 2.99. The molecule has 0 amide bonds. The molecule has 1 saturated carbocycles. The second kappa shape index (κ2) is 4.92. The summed E-state index contributed by atoms with van der Waals surface area (Å²) in [6.07, 6.45) is 3.95. The Bertz CT molecular complexity index is 373. The number of halogens is 1. The lowest BCUT2D eigenvalue weighted by Crippen LogP contribution is -2.48. The molecule has 0 spiro atoms. The highest BCUT2D eigenvalue weighted by atomic mass is 35.5. The lowest BCUT2D eigenvalue weighted by Gasteiger charge is -2.26. The highest BCUT2D eigenvalue weighted by Crippen LogP contribution is 2.41. The Labute approximate surface area is 104 Å². The third-order valence-corrected chi connectivity index (χ3v) is 4.58. The van der Waals surface area contributed by atoms with Crippen LogP contribution in [0.25, 0.3) is 0 Å². The third-order valence-electron chi connectivity index (χ3n) is 2.89. The van der Waals surface area contributed by atoms with Gasteiger partial charge >= 0.3 is 0 Å². The summed E-state index contributed by atoms with van der Waals surface area (Å²) in [7, 11) is 0. The van der Waals surface area contributed by atoms with Crippen LogP contribution in [-0.2, 0) is 0 Å². The number of aliphatic hydroxyl groups excluding tert-OH is 1. The average molecular weight is 259 g/mol. The van der Waals surface area contributed by atoms with E-state index >= 15 is 0 Å². The molecule has 1 heterocycles. The number of hydrogen-bond donors (Lipinski definition) is 2. The fraction of sp³-hybridized carbons (Fsp3) is 0.545. The molecule has 88 valence electrons. The van der Waals surface area contributed by atoms with Crippen molar-refractivity contribution >= 4 is 23.4 Å². The molecule has 0 aliphatic heterocycles. The van der Waals surface area contributed by atoms with Gasteiger partial charge in [-0.05, 0) is 30.9 Å². The van der Waals surface area contributed by atoms with Crippen molar-refractivity contribution in [2.75, 3.05) is 12.4 Å². The molecular weight excluding hydrogens is 244 g/mol. The zero-order valence-electron chi connectivity index (χ0n) is 8.90. The fourth-order valence-electron chi connectivity index (χ4n) is 1.63. The highest BCUT2D eigenvalue weighted by Gasteiger charge is 2.41. The minimum Gasteiger partial charge on any atom is -0.394 e. The van der Waals surface area contributed by atoms with E-state index in [1.165, 1.54) is 11.8 Å². The quantitative estimate of drug-likeness (QED) is 0.793. The molecule has 0 saturated heterocycles. The number of hydrogen-bond acceptors (Lipinski definition) is 4. The second-order valence-corrected chi connectivity index (χ2v) is 5.62. The summed E-state index contributed by atoms with van der Waals surface area (Å²) in [4.78, 5) is 4.19. The second-order valence-electron chi connectivity index (χ2n) is 4.24. The molecule has 3 nitrogen and oxygen atoms in total. The van der Waals surface area contributed by atoms with Crippen LogP contribution in [0.15, 0.2) is 23.4 Å². The van der Waals surface area contributed by atoms with Gasteiger partial charge in [0, 0.05) is 11.9 Å². The molecule has 0 aromatic carbocycles. The van der Waals surface area contributed by atoms with Crippen molar-refractivity contribution < 1.29 is 5.11 Å². The van der Waals surface area contributed by atoms with E-state index in [1.54, 1.807) is 12.3 Å². The Balaban J connectivity index is 1.98. The first-order valence-corrected chi connectivity index (χ1v) is 6.65. The number of aliphatic hydroxyl groups is 1. The minimum atomic E-state index is -0.481. The summed E-state index contributed by atoms with van der Waals surface area (Å²) in [5.41, 5.74) is 5.68. The van der Waals surface area contributed by atoms with Gasteiger partial charge in [-0.2, -0.15) is 0 Å². The Morgan fingerprint density at radius 3 is 2.94 bits per heavy atom. The largest absolute Gasteiger partial charge is 0.394 e. The summed E-state index contributed by atoms with van der Waals surface area (Å²) in [5, 5.41) is 10.8. The van der Waals surface area contributed by atoms with Gasteiger partial charge in [0.05, 0.1) is 17.2 Å². The minimum absolute atomic E-state index is 0.0229. The molecule has 1 aliphatic carbocycles. The summed E-state index contributed by atoms with van der Waals surface area (Å²) in [5.74, 6) is 1.11. The Morgan fingerprint density at radius 2 is 2.38 bits per heavy atom. The van der Waals surface area contributed by atoms with E-state index < -0.39 is 5.54 Å². The molecule has 16 heavy (non-hydrogen) atoms. The molecule has 5 heteroatoms. The first kappa shape index (κ1) is 12.2. The van der Waals surface area contributed by atoms with Crippen LogP contribution in [0.4, 0.5) is 0 Å². The van der Waals surface area contributed by atoms with Crippen molar-refractivity contribution in [1.82, 2.24) is 4.98 Å². The van der Waals surface area contributed by atoms with Crippen LogP contribution < -0.4 is 5.73 Å². The van der Waals surface area contributed by atoms with E-state index in [2.05, 4.69) is 4.98 Å². The maximum absolute atomic E-state index is 9.35. The van der Waals surface area contributed by atoms with Crippen LogP contribution in [0.5, 0.6) is 0 Å². The van der Waals surface area contributed by atoms with E-state index in [4.69, 9.17) is 17.3 Å². The monoisotopic (exact) mass is 258 g/mol. The van der Waals surface area contributed by atoms with Gasteiger partial charge in [-0.1, -0.05) is 11.6 Å². The SMILES string of the molecule is NC(CO)(CSc1ncccc1Cl)C1CC1. The first-order chi connectivity index (χ1) is 7.65. The van der Waals surface area contributed by atoms with Gasteiger partial charge in [0.25, 0.3) is 0 Å². The number of nitrogens with zero attached hydrogens (tertiary/aromatic N) is 1. The van der Waals surface area contributed by atoms with E-state index in [-0.39, 0.29) is 6.61 Å². The van der Waals surface area contributed by atoms with Crippen molar-refractivity contribution in [3.05, 3.63) is 23.4 Å².